The monoisotopic (exact) mass is 504 g/mol. The standard InChI is InChI=1S/C30H22F2N6/c31-30(32)10-12-38(18-30)17-19-5-3-6-20(13-19)21-14-24-28(36-37-29(24)34-16-21)27-15-23-22(7-4-9-26(23)35-27)25-8-1-2-11-33-25/h1-2,4,6-9,11,13-16,35H,10,12,17-18H2,(H,34,36,37). The summed E-state index contributed by atoms with van der Waals surface area (Å²) in [5.74, 6) is -2.62. The maximum absolute atomic E-state index is 13.6. The third kappa shape index (κ3) is 4.07. The van der Waals surface area contributed by atoms with Gasteiger partial charge in [-0.2, -0.15) is 5.10 Å². The molecule has 186 valence electrons. The summed E-state index contributed by atoms with van der Waals surface area (Å²) in [6.45, 7) is 0.577. The van der Waals surface area contributed by atoms with Gasteiger partial charge in [-0.3, -0.25) is 15.0 Å². The average molecular weight is 505 g/mol. The number of hydrogen-bond donors (Lipinski definition) is 2. The number of pyridine rings is 2. The van der Waals surface area contributed by atoms with Crippen molar-refractivity contribution in [1.82, 2.24) is 30.0 Å². The predicted molar refractivity (Wildman–Crippen MR) is 142 cm³/mol. The van der Waals surface area contributed by atoms with Crippen LogP contribution in [0, 0.1) is 12.1 Å². The third-order valence-corrected chi connectivity index (χ3v) is 7.05. The van der Waals surface area contributed by atoms with Gasteiger partial charge in [-0.25, -0.2) is 13.8 Å². The Hall–Kier alpha value is -4.61. The van der Waals surface area contributed by atoms with Crippen LogP contribution < -0.4 is 0 Å². The first-order valence-electron chi connectivity index (χ1n) is 12.4. The number of benzene rings is 1. The van der Waals surface area contributed by atoms with Crippen LogP contribution in [0.1, 0.15) is 12.0 Å². The van der Waals surface area contributed by atoms with E-state index in [1.807, 2.05) is 48.5 Å². The second-order valence-electron chi connectivity index (χ2n) is 9.71. The molecule has 7 rings (SSSR count). The molecule has 1 fully saturated rings. The molecule has 1 saturated heterocycles. The Morgan fingerprint density at radius 3 is 2.79 bits per heavy atom. The first-order valence-corrected chi connectivity index (χ1v) is 12.4. The van der Waals surface area contributed by atoms with Crippen LogP contribution in [-0.2, 0) is 6.54 Å². The van der Waals surface area contributed by atoms with E-state index in [9.17, 15) is 8.78 Å². The number of aromatic nitrogens is 5. The maximum atomic E-state index is 13.6. The van der Waals surface area contributed by atoms with E-state index in [1.54, 1.807) is 17.3 Å². The molecule has 0 atom stereocenters. The number of alkyl halides is 2. The molecule has 6 nitrogen and oxygen atoms in total. The number of nitrogens with one attached hydrogen (secondary N) is 2. The van der Waals surface area contributed by atoms with Crippen molar-refractivity contribution in [3.8, 4) is 33.8 Å². The summed E-state index contributed by atoms with van der Waals surface area (Å²) in [5.41, 5.74) is 7.92. The summed E-state index contributed by atoms with van der Waals surface area (Å²) >= 11 is 0. The van der Waals surface area contributed by atoms with E-state index < -0.39 is 5.92 Å². The van der Waals surface area contributed by atoms with E-state index in [0.29, 0.717) is 18.7 Å². The Labute approximate surface area is 217 Å². The van der Waals surface area contributed by atoms with E-state index >= 15 is 0 Å². The molecule has 0 bridgehead atoms. The van der Waals surface area contributed by atoms with Gasteiger partial charge in [0.05, 0.1) is 23.6 Å². The highest BCUT2D eigenvalue weighted by Crippen LogP contribution is 2.34. The first kappa shape index (κ1) is 22.6. The van der Waals surface area contributed by atoms with Gasteiger partial charge in [-0.05, 0) is 48.0 Å². The van der Waals surface area contributed by atoms with E-state index in [4.69, 9.17) is 0 Å². The zero-order chi connectivity index (χ0) is 25.7. The topological polar surface area (TPSA) is 73.5 Å². The third-order valence-electron chi connectivity index (χ3n) is 7.05. The van der Waals surface area contributed by atoms with Gasteiger partial charge >= 0.3 is 0 Å². The second kappa shape index (κ2) is 8.75. The van der Waals surface area contributed by atoms with Crippen LogP contribution in [0.4, 0.5) is 8.78 Å². The van der Waals surface area contributed by atoms with Crippen LogP contribution in [0.2, 0.25) is 0 Å². The minimum absolute atomic E-state index is 0.0998. The van der Waals surface area contributed by atoms with Gasteiger partial charge in [0.15, 0.2) is 5.65 Å². The van der Waals surface area contributed by atoms with Crippen LogP contribution in [-0.4, -0.2) is 49.1 Å². The Balaban J connectivity index is 1.24. The van der Waals surface area contributed by atoms with Gasteiger partial charge in [0.2, 0.25) is 0 Å². The number of rotatable bonds is 5. The Kier molecular flexibility index (Phi) is 5.20. The number of nitrogens with zero attached hydrogens (tertiary/aromatic N) is 4. The van der Waals surface area contributed by atoms with Crippen molar-refractivity contribution in [3.63, 3.8) is 0 Å². The normalized spacial score (nSPS) is 15.3. The average Bonchev–Trinajstić information content (AvgIpc) is 3.64. The molecule has 0 spiro atoms. The van der Waals surface area contributed by atoms with Crippen LogP contribution >= 0.6 is 0 Å². The molecular weight excluding hydrogens is 482 g/mol. The molecule has 0 unspecified atom stereocenters. The first-order chi connectivity index (χ1) is 18.5. The molecule has 6 aromatic rings. The number of likely N-dealkylation sites (tertiary alicyclic amines) is 1. The lowest BCUT2D eigenvalue weighted by atomic mass is 10.0. The summed E-state index contributed by atoms with van der Waals surface area (Å²) in [6, 6.07) is 26.1. The number of halogens is 2. The Morgan fingerprint density at radius 2 is 1.95 bits per heavy atom. The number of H-pyrrole nitrogens is 2. The number of fused-ring (bicyclic) bond motifs is 2. The molecule has 2 N–H and O–H groups in total. The fourth-order valence-electron chi connectivity index (χ4n) is 5.20. The highest BCUT2D eigenvalue weighted by Gasteiger charge is 2.37. The van der Waals surface area contributed by atoms with E-state index in [-0.39, 0.29) is 13.0 Å². The fourth-order valence-corrected chi connectivity index (χ4v) is 5.20. The quantitative estimate of drug-likeness (QED) is 0.290. The van der Waals surface area contributed by atoms with Crippen molar-refractivity contribution >= 4 is 21.9 Å². The lowest BCUT2D eigenvalue weighted by molar-refractivity contribution is 0.0115. The van der Waals surface area contributed by atoms with E-state index in [2.05, 4.69) is 49.4 Å². The predicted octanol–water partition coefficient (Wildman–Crippen LogP) is 6.28. The van der Waals surface area contributed by atoms with Gasteiger partial charge in [-0.1, -0.05) is 30.3 Å². The van der Waals surface area contributed by atoms with E-state index in [1.165, 1.54) is 0 Å². The van der Waals surface area contributed by atoms with Crippen molar-refractivity contribution in [2.75, 3.05) is 13.1 Å². The molecule has 38 heavy (non-hydrogen) atoms. The van der Waals surface area contributed by atoms with Crippen molar-refractivity contribution in [2.45, 2.75) is 18.9 Å². The largest absolute Gasteiger partial charge is 0.353 e. The van der Waals surface area contributed by atoms with Crippen LogP contribution in [0.25, 0.3) is 55.7 Å². The highest BCUT2D eigenvalue weighted by atomic mass is 19.3. The number of hydrogen-bond acceptors (Lipinski definition) is 4. The van der Waals surface area contributed by atoms with Crippen molar-refractivity contribution < 1.29 is 8.78 Å². The summed E-state index contributed by atoms with van der Waals surface area (Å²) in [4.78, 5) is 14.4. The lowest BCUT2D eigenvalue weighted by Gasteiger charge is -2.14. The van der Waals surface area contributed by atoms with Gasteiger partial charge in [-0.15, -0.1) is 0 Å². The van der Waals surface area contributed by atoms with Gasteiger partial charge in [0.1, 0.15) is 0 Å². The molecule has 2 aromatic carbocycles. The highest BCUT2D eigenvalue weighted by molar-refractivity contribution is 6.00. The fraction of sp³-hybridized carbons (Fsp3) is 0.167. The van der Waals surface area contributed by atoms with Gasteiger partial charge in [0, 0.05) is 64.9 Å². The molecular formula is C30H22F2N6. The molecule has 5 heterocycles. The summed E-state index contributed by atoms with van der Waals surface area (Å²) in [6.07, 6.45) is 3.47. The zero-order valence-electron chi connectivity index (χ0n) is 20.3. The van der Waals surface area contributed by atoms with Crippen LogP contribution in [0.5, 0.6) is 0 Å². The number of aromatic amines is 2. The van der Waals surface area contributed by atoms with Crippen LogP contribution in [0.3, 0.4) is 0 Å². The second-order valence-corrected chi connectivity index (χ2v) is 9.71. The smallest absolute Gasteiger partial charge is 0.261 e. The SMILES string of the molecule is FC1(F)CCN(Cc2c#ccc(-c3cnc4n[nH]c(-c5cc6c(-c7ccccn7)cccc6[nH]5)c4c3)c2)C1. The van der Waals surface area contributed by atoms with Gasteiger partial charge in [0.25, 0.3) is 5.92 Å². The Morgan fingerprint density at radius 1 is 1.00 bits per heavy atom. The molecule has 0 amide bonds. The molecule has 0 saturated carbocycles. The molecule has 8 heteroatoms. The summed E-state index contributed by atoms with van der Waals surface area (Å²) in [5, 5.41) is 9.51. The molecule has 1 aliphatic heterocycles. The zero-order valence-corrected chi connectivity index (χ0v) is 20.3. The summed E-state index contributed by atoms with van der Waals surface area (Å²) < 4.78 is 27.3. The molecule has 1 aliphatic rings. The maximum Gasteiger partial charge on any atom is 0.261 e. The van der Waals surface area contributed by atoms with Crippen molar-refractivity contribution in [3.05, 3.63) is 90.8 Å². The lowest BCUT2D eigenvalue weighted by Crippen LogP contribution is -2.24. The minimum Gasteiger partial charge on any atom is -0.353 e. The molecule has 0 aliphatic carbocycles. The molecule has 4 aromatic heterocycles. The van der Waals surface area contributed by atoms with Crippen LogP contribution in [0.15, 0.2) is 73.1 Å². The molecule has 0 radical (unpaired) electrons. The van der Waals surface area contributed by atoms with Crippen molar-refractivity contribution in [2.24, 2.45) is 0 Å². The minimum atomic E-state index is -2.62. The van der Waals surface area contributed by atoms with Gasteiger partial charge < -0.3 is 4.98 Å². The Bertz CT molecular complexity index is 1770. The van der Waals surface area contributed by atoms with E-state index in [0.717, 1.165) is 55.6 Å². The van der Waals surface area contributed by atoms with Crippen molar-refractivity contribution in [1.29, 1.82) is 0 Å². The summed E-state index contributed by atoms with van der Waals surface area (Å²) in [7, 11) is 0.